The topological polar surface area (TPSA) is 102 Å². The number of aryl methyl sites for hydroxylation is 1. The molecule has 1 saturated heterocycles. The lowest BCUT2D eigenvalue weighted by Gasteiger charge is -2.36. The number of hydrogen-bond donors (Lipinski definition) is 2. The molecule has 5 rings (SSSR count). The van der Waals surface area contributed by atoms with E-state index in [9.17, 15) is 18.3 Å². The van der Waals surface area contributed by atoms with Gasteiger partial charge < -0.3 is 14.9 Å². The molecule has 8 nitrogen and oxygen atoms in total. The number of carbonyl (C=O) groups excluding carboxylic acids is 1. The van der Waals surface area contributed by atoms with Crippen LogP contribution in [0.4, 0.5) is 17.1 Å². The van der Waals surface area contributed by atoms with Crippen molar-refractivity contribution < 1.29 is 18.3 Å². The van der Waals surface area contributed by atoms with Crippen LogP contribution in [-0.2, 0) is 16.4 Å². The Morgan fingerprint density at radius 3 is 2.43 bits per heavy atom. The monoisotopic (exact) mass is 490 g/mol. The van der Waals surface area contributed by atoms with Crippen LogP contribution in [0.1, 0.15) is 22.3 Å². The average Bonchev–Trinajstić information content (AvgIpc) is 2.88. The second-order valence-electron chi connectivity index (χ2n) is 8.60. The van der Waals surface area contributed by atoms with Crippen LogP contribution in [0.2, 0.25) is 0 Å². The number of hydrogen-bond acceptors (Lipinski definition) is 6. The van der Waals surface area contributed by atoms with Gasteiger partial charge in [0, 0.05) is 55.4 Å². The summed E-state index contributed by atoms with van der Waals surface area (Å²) in [6, 6.07) is 18.8. The van der Waals surface area contributed by atoms with Crippen LogP contribution in [0.5, 0.6) is 5.75 Å². The normalized spacial score (nSPS) is 15.5. The maximum atomic E-state index is 13.0. The molecule has 3 aromatic carbocycles. The van der Waals surface area contributed by atoms with Crippen molar-refractivity contribution in [1.82, 2.24) is 4.90 Å². The Labute approximate surface area is 204 Å². The first-order valence-electron chi connectivity index (χ1n) is 11.5. The number of anilines is 2. The molecule has 2 heterocycles. The molecule has 2 aliphatic rings. The third kappa shape index (κ3) is 4.85. The first kappa shape index (κ1) is 22.9. The first-order chi connectivity index (χ1) is 16.9. The minimum atomic E-state index is -3.83. The Balaban J connectivity index is 1.24. The summed E-state index contributed by atoms with van der Waals surface area (Å²) in [5, 5.41) is 9.70. The summed E-state index contributed by atoms with van der Waals surface area (Å²) in [5.41, 5.74) is 3.22. The number of carbonyl (C=O) groups is 1. The highest BCUT2D eigenvalue weighted by molar-refractivity contribution is 7.92. The summed E-state index contributed by atoms with van der Waals surface area (Å²) in [6.45, 7) is 2.44. The lowest BCUT2D eigenvalue weighted by atomic mass is 10.1. The summed E-state index contributed by atoms with van der Waals surface area (Å²) >= 11 is 0. The predicted molar refractivity (Wildman–Crippen MR) is 136 cm³/mol. The van der Waals surface area contributed by atoms with Crippen molar-refractivity contribution >= 4 is 39.2 Å². The van der Waals surface area contributed by atoms with Gasteiger partial charge in [0.1, 0.15) is 10.6 Å². The van der Waals surface area contributed by atoms with Crippen molar-refractivity contribution in [2.75, 3.05) is 35.8 Å². The standard InChI is InChI=1S/C26H26N4O4S/c31-23-7-2-6-22(18-23)29-14-16-30(17-15-29)26(32)20-9-11-21(12-10-20)28-35(33,34)24-8-1-4-19-5-3-13-27-25(19)24/h1-2,4,6-13,18,28,31H,3,5,14-17H2. The number of fused-ring (bicyclic) bond motifs is 1. The molecule has 0 bridgehead atoms. The van der Waals surface area contributed by atoms with Crippen LogP contribution in [0.25, 0.3) is 0 Å². The van der Waals surface area contributed by atoms with Crippen molar-refractivity contribution in [2.45, 2.75) is 17.7 Å². The number of benzene rings is 3. The number of piperazine rings is 1. The lowest BCUT2D eigenvalue weighted by Crippen LogP contribution is -2.48. The highest BCUT2D eigenvalue weighted by Crippen LogP contribution is 2.32. The smallest absolute Gasteiger partial charge is 0.264 e. The van der Waals surface area contributed by atoms with Gasteiger partial charge in [0.25, 0.3) is 15.9 Å². The molecule has 0 aliphatic carbocycles. The van der Waals surface area contributed by atoms with Crippen LogP contribution in [0.15, 0.2) is 76.6 Å². The Morgan fingerprint density at radius 2 is 1.69 bits per heavy atom. The maximum absolute atomic E-state index is 13.0. The molecule has 0 saturated carbocycles. The molecule has 0 atom stereocenters. The number of aliphatic imine (C=N–C) groups is 1. The summed E-state index contributed by atoms with van der Waals surface area (Å²) in [6.07, 6.45) is 3.30. The molecule has 35 heavy (non-hydrogen) atoms. The molecule has 1 amide bonds. The zero-order valence-electron chi connectivity index (χ0n) is 19.1. The summed E-state index contributed by atoms with van der Waals surface area (Å²) in [4.78, 5) is 21.4. The van der Waals surface area contributed by atoms with Crippen molar-refractivity contribution in [3.63, 3.8) is 0 Å². The van der Waals surface area contributed by atoms with Crippen molar-refractivity contribution in [1.29, 1.82) is 0 Å². The number of phenols is 1. The number of rotatable bonds is 5. The number of nitrogens with zero attached hydrogens (tertiary/aromatic N) is 3. The number of phenolic OH excluding ortho intramolecular Hbond substituents is 1. The van der Waals surface area contributed by atoms with E-state index in [2.05, 4.69) is 14.6 Å². The fourth-order valence-corrected chi connectivity index (χ4v) is 5.69. The number of sulfonamides is 1. The lowest BCUT2D eigenvalue weighted by molar-refractivity contribution is 0.0746. The van der Waals surface area contributed by atoms with Crippen molar-refractivity contribution in [3.8, 4) is 5.75 Å². The second kappa shape index (κ2) is 9.42. The minimum absolute atomic E-state index is 0.0959. The third-order valence-electron chi connectivity index (χ3n) is 6.28. The Hall–Kier alpha value is -3.85. The van der Waals surface area contributed by atoms with Crippen LogP contribution < -0.4 is 9.62 Å². The zero-order valence-corrected chi connectivity index (χ0v) is 19.9. The predicted octanol–water partition coefficient (Wildman–Crippen LogP) is 3.80. The number of amides is 1. The molecule has 0 radical (unpaired) electrons. The molecule has 0 spiro atoms. The molecule has 9 heteroatoms. The largest absolute Gasteiger partial charge is 0.508 e. The van der Waals surface area contributed by atoms with Crippen LogP contribution in [0.3, 0.4) is 0 Å². The Bertz CT molecular complexity index is 1380. The highest BCUT2D eigenvalue weighted by atomic mass is 32.2. The van der Waals surface area contributed by atoms with Gasteiger partial charge in [0.2, 0.25) is 0 Å². The van der Waals surface area contributed by atoms with Gasteiger partial charge >= 0.3 is 0 Å². The molecule has 180 valence electrons. The van der Waals surface area contributed by atoms with Gasteiger partial charge in [0.15, 0.2) is 0 Å². The van der Waals surface area contributed by atoms with E-state index in [0.717, 1.165) is 24.1 Å². The molecule has 2 aliphatic heterocycles. The van der Waals surface area contributed by atoms with Gasteiger partial charge in [-0.2, -0.15) is 0 Å². The Morgan fingerprint density at radius 1 is 0.943 bits per heavy atom. The van der Waals surface area contributed by atoms with Crippen LogP contribution >= 0.6 is 0 Å². The van der Waals surface area contributed by atoms with E-state index in [1.54, 1.807) is 65.7 Å². The molecular formula is C26H26N4O4S. The average molecular weight is 491 g/mol. The first-order valence-corrected chi connectivity index (χ1v) is 13.0. The van der Waals surface area contributed by atoms with E-state index in [-0.39, 0.29) is 16.6 Å². The minimum Gasteiger partial charge on any atom is -0.508 e. The van der Waals surface area contributed by atoms with Crippen molar-refractivity contribution in [2.24, 2.45) is 4.99 Å². The molecular weight excluding hydrogens is 464 g/mol. The second-order valence-corrected chi connectivity index (χ2v) is 10.2. The van der Waals surface area contributed by atoms with Gasteiger partial charge in [-0.05, 0) is 60.9 Å². The fourth-order valence-electron chi connectivity index (χ4n) is 4.44. The van der Waals surface area contributed by atoms with E-state index in [1.165, 1.54) is 0 Å². The van der Waals surface area contributed by atoms with E-state index in [1.807, 2.05) is 12.1 Å². The van der Waals surface area contributed by atoms with Crippen LogP contribution in [0, 0.1) is 0 Å². The Kier molecular flexibility index (Phi) is 6.17. The molecule has 3 aromatic rings. The van der Waals surface area contributed by atoms with Gasteiger partial charge in [-0.15, -0.1) is 0 Å². The summed E-state index contributed by atoms with van der Waals surface area (Å²) < 4.78 is 28.7. The fraction of sp³-hybridized carbons (Fsp3) is 0.231. The molecule has 1 fully saturated rings. The number of nitrogens with one attached hydrogen (secondary N) is 1. The van der Waals surface area contributed by atoms with E-state index in [4.69, 9.17) is 0 Å². The van der Waals surface area contributed by atoms with Crippen molar-refractivity contribution in [3.05, 3.63) is 77.9 Å². The van der Waals surface area contributed by atoms with E-state index < -0.39 is 10.0 Å². The SMILES string of the molecule is O=C(c1ccc(NS(=O)(=O)c2cccc3c2N=CCC3)cc1)N1CCN(c2cccc(O)c2)CC1. The van der Waals surface area contributed by atoms with Gasteiger partial charge in [-0.3, -0.25) is 14.5 Å². The molecule has 0 aromatic heterocycles. The van der Waals surface area contributed by atoms with E-state index in [0.29, 0.717) is 43.1 Å². The number of para-hydroxylation sites is 1. The van der Waals surface area contributed by atoms with Gasteiger partial charge in [-0.25, -0.2) is 8.42 Å². The van der Waals surface area contributed by atoms with Gasteiger partial charge in [0.05, 0.1) is 5.69 Å². The maximum Gasteiger partial charge on any atom is 0.264 e. The number of aromatic hydroxyl groups is 1. The van der Waals surface area contributed by atoms with Gasteiger partial charge in [-0.1, -0.05) is 18.2 Å². The zero-order chi connectivity index (χ0) is 24.4. The van der Waals surface area contributed by atoms with Crippen LogP contribution in [-0.4, -0.2) is 56.7 Å². The summed E-state index contributed by atoms with van der Waals surface area (Å²) in [7, 11) is -3.83. The molecule has 0 unspecified atom stereocenters. The third-order valence-corrected chi connectivity index (χ3v) is 7.69. The quantitative estimate of drug-likeness (QED) is 0.566. The summed E-state index contributed by atoms with van der Waals surface area (Å²) in [5.74, 6) is 0.123. The molecule has 2 N–H and O–H groups in total. The van der Waals surface area contributed by atoms with E-state index >= 15 is 0 Å². The highest BCUT2D eigenvalue weighted by Gasteiger charge is 2.24.